The van der Waals surface area contributed by atoms with E-state index in [0.717, 1.165) is 24.6 Å². The second-order valence-electron chi connectivity index (χ2n) is 4.50. The third kappa shape index (κ3) is 2.51. The van der Waals surface area contributed by atoms with Gasteiger partial charge in [0.25, 0.3) is 0 Å². The molecule has 2 nitrogen and oxygen atoms in total. The first kappa shape index (κ1) is 10.5. The van der Waals surface area contributed by atoms with Crippen molar-refractivity contribution in [3.8, 4) is 0 Å². The largest absolute Gasteiger partial charge is 0.392 e. The first-order chi connectivity index (χ1) is 7.29. The number of nitrogens with zero attached hydrogens (tertiary/aromatic N) is 1. The molecule has 82 valence electrons. The van der Waals surface area contributed by atoms with Gasteiger partial charge in [-0.3, -0.25) is 0 Å². The van der Waals surface area contributed by atoms with Crippen molar-refractivity contribution in [1.29, 1.82) is 0 Å². The lowest BCUT2D eigenvalue weighted by molar-refractivity contribution is 0.282. The van der Waals surface area contributed by atoms with Crippen LogP contribution in [0.15, 0.2) is 24.3 Å². The summed E-state index contributed by atoms with van der Waals surface area (Å²) in [5.74, 6) is 0.863. The number of benzene rings is 1. The summed E-state index contributed by atoms with van der Waals surface area (Å²) in [5, 5.41) is 9.08. The molecular weight excluding hydrogens is 186 g/mol. The molecule has 0 spiro atoms. The Hall–Kier alpha value is -1.02. The molecule has 0 bridgehead atoms. The van der Waals surface area contributed by atoms with E-state index in [0.29, 0.717) is 0 Å². The van der Waals surface area contributed by atoms with Gasteiger partial charge in [0.2, 0.25) is 0 Å². The van der Waals surface area contributed by atoms with Crippen LogP contribution in [0.4, 0.5) is 5.69 Å². The molecule has 1 aromatic carbocycles. The number of aliphatic hydroxyl groups is 1. The fourth-order valence-corrected chi connectivity index (χ4v) is 2.12. The Bertz CT molecular complexity index is 316. The summed E-state index contributed by atoms with van der Waals surface area (Å²) < 4.78 is 0. The molecule has 2 heteroatoms. The third-order valence-electron chi connectivity index (χ3n) is 3.24. The van der Waals surface area contributed by atoms with E-state index in [1.807, 2.05) is 12.1 Å². The summed E-state index contributed by atoms with van der Waals surface area (Å²) >= 11 is 0. The zero-order valence-corrected chi connectivity index (χ0v) is 9.32. The lowest BCUT2D eigenvalue weighted by Crippen LogP contribution is -2.32. The van der Waals surface area contributed by atoms with Gasteiger partial charge in [-0.05, 0) is 36.5 Å². The molecular formula is C13H19NO. The highest BCUT2D eigenvalue weighted by Gasteiger charge is 2.15. The molecule has 0 atom stereocenters. The number of hydrogen-bond acceptors (Lipinski definition) is 2. The fraction of sp³-hybridized carbons (Fsp3) is 0.538. The van der Waals surface area contributed by atoms with E-state index in [2.05, 4.69) is 24.0 Å². The predicted molar refractivity (Wildman–Crippen MR) is 63.0 cm³/mol. The molecule has 1 heterocycles. The van der Waals surface area contributed by atoms with Crippen molar-refractivity contribution in [2.45, 2.75) is 26.4 Å². The van der Waals surface area contributed by atoms with Gasteiger partial charge in [-0.15, -0.1) is 0 Å². The van der Waals surface area contributed by atoms with Gasteiger partial charge in [-0.1, -0.05) is 19.1 Å². The molecule has 0 aliphatic carbocycles. The lowest BCUT2D eigenvalue weighted by atomic mass is 9.98. The van der Waals surface area contributed by atoms with Crippen LogP contribution in [0.2, 0.25) is 0 Å². The van der Waals surface area contributed by atoms with Crippen LogP contribution in [-0.2, 0) is 6.61 Å². The van der Waals surface area contributed by atoms with Crippen molar-refractivity contribution in [1.82, 2.24) is 0 Å². The van der Waals surface area contributed by atoms with Crippen LogP contribution in [-0.4, -0.2) is 18.2 Å². The number of aliphatic hydroxyl groups excluding tert-OH is 1. The molecule has 2 rings (SSSR count). The summed E-state index contributed by atoms with van der Waals surface area (Å²) in [5.41, 5.74) is 2.26. The quantitative estimate of drug-likeness (QED) is 0.801. The summed E-state index contributed by atoms with van der Waals surface area (Å²) in [7, 11) is 0. The van der Waals surface area contributed by atoms with Gasteiger partial charge in [0, 0.05) is 18.8 Å². The maximum atomic E-state index is 9.08. The van der Waals surface area contributed by atoms with Gasteiger partial charge in [0.1, 0.15) is 0 Å². The maximum absolute atomic E-state index is 9.08. The SMILES string of the molecule is CC1CCN(c2cccc(CO)c2)CC1. The van der Waals surface area contributed by atoms with Gasteiger partial charge in [-0.2, -0.15) is 0 Å². The molecule has 0 amide bonds. The van der Waals surface area contributed by atoms with Crippen LogP contribution in [0.3, 0.4) is 0 Å². The van der Waals surface area contributed by atoms with Crippen molar-refractivity contribution in [3.05, 3.63) is 29.8 Å². The van der Waals surface area contributed by atoms with Crippen LogP contribution in [0.5, 0.6) is 0 Å². The van der Waals surface area contributed by atoms with Gasteiger partial charge >= 0.3 is 0 Å². The van der Waals surface area contributed by atoms with E-state index in [1.165, 1.54) is 18.5 Å². The maximum Gasteiger partial charge on any atom is 0.0682 e. The van der Waals surface area contributed by atoms with Crippen LogP contribution in [0.25, 0.3) is 0 Å². The van der Waals surface area contributed by atoms with Gasteiger partial charge in [-0.25, -0.2) is 0 Å². The second kappa shape index (κ2) is 4.67. The van der Waals surface area contributed by atoms with Crippen LogP contribution < -0.4 is 4.90 Å². The highest BCUT2D eigenvalue weighted by Crippen LogP contribution is 2.23. The average molecular weight is 205 g/mol. The topological polar surface area (TPSA) is 23.5 Å². The van der Waals surface area contributed by atoms with E-state index in [9.17, 15) is 0 Å². The Morgan fingerprint density at radius 1 is 1.33 bits per heavy atom. The predicted octanol–water partition coefficient (Wildman–Crippen LogP) is 2.42. The molecule has 1 fully saturated rings. The third-order valence-corrected chi connectivity index (χ3v) is 3.24. The van der Waals surface area contributed by atoms with Crippen molar-refractivity contribution >= 4 is 5.69 Å². The number of piperidine rings is 1. The lowest BCUT2D eigenvalue weighted by Gasteiger charge is -2.32. The molecule has 0 aromatic heterocycles. The minimum absolute atomic E-state index is 0.137. The van der Waals surface area contributed by atoms with Crippen LogP contribution in [0.1, 0.15) is 25.3 Å². The Balaban J connectivity index is 2.08. The summed E-state index contributed by atoms with van der Waals surface area (Å²) in [6.45, 7) is 4.76. The summed E-state index contributed by atoms with van der Waals surface area (Å²) in [4.78, 5) is 2.42. The zero-order chi connectivity index (χ0) is 10.7. The van der Waals surface area contributed by atoms with E-state index in [4.69, 9.17) is 5.11 Å². The van der Waals surface area contributed by atoms with Gasteiger partial charge in [0.15, 0.2) is 0 Å². The minimum atomic E-state index is 0.137. The van der Waals surface area contributed by atoms with Crippen LogP contribution in [0, 0.1) is 5.92 Å². The number of anilines is 1. The van der Waals surface area contributed by atoms with Crippen molar-refractivity contribution < 1.29 is 5.11 Å². The molecule has 1 N–H and O–H groups in total. The monoisotopic (exact) mass is 205 g/mol. The Morgan fingerprint density at radius 3 is 2.73 bits per heavy atom. The van der Waals surface area contributed by atoms with E-state index < -0.39 is 0 Å². The molecule has 0 unspecified atom stereocenters. The molecule has 1 saturated heterocycles. The van der Waals surface area contributed by atoms with Gasteiger partial charge < -0.3 is 10.0 Å². The Morgan fingerprint density at radius 2 is 2.07 bits per heavy atom. The molecule has 1 aliphatic rings. The highest BCUT2D eigenvalue weighted by molar-refractivity contribution is 5.48. The zero-order valence-electron chi connectivity index (χ0n) is 9.32. The molecule has 15 heavy (non-hydrogen) atoms. The first-order valence-electron chi connectivity index (χ1n) is 5.74. The fourth-order valence-electron chi connectivity index (χ4n) is 2.12. The molecule has 1 aliphatic heterocycles. The van der Waals surface area contributed by atoms with Crippen molar-refractivity contribution in [2.75, 3.05) is 18.0 Å². The van der Waals surface area contributed by atoms with E-state index in [-0.39, 0.29) is 6.61 Å². The second-order valence-corrected chi connectivity index (χ2v) is 4.50. The average Bonchev–Trinajstić information content (AvgIpc) is 2.30. The van der Waals surface area contributed by atoms with Crippen LogP contribution >= 0.6 is 0 Å². The normalized spacial score (nSPS) is 18.1. The molecule has 1 aromatic rings. The standard InChI is InChI=1S/C13H19NO/c1-11-5-7-14(8-6-11)13-4-2-3-12(9-13)10-15/h2-4,9,11,15H,5-8,10H2,1H3. The molecule has 0 radical (unpaired) electrons. The molecule has 0 saturated carbocycles. The Labute approximate surface area is 91.5 Å². The van der Waals surface area contributed by atoms with Crippen molar-refractivity contribution in [3.63, 3.8) is 0 Å². The summed E-state index contributed by atoms with van der Waals surface area (Å²) in [6.07, 6.45) is 2.56. The number of hydrogen-bond donors (Lipinski definition) is 1. The smallest absolute Gasteiger partial charge is 0.0682 e. The van der Waals surface area contributed by atoms with E-state index >= 15 is 0 Å². The van der Waals surface area contributed by atoms with Crippen molar-refractivity contribution in [2.24, 2.45) is 5.92 Å². The van der Waals surface area contributed by atoms with Gasteiger partial charge in [0.05, 0.1) is 6.61 Å². The highest BCUT2D eigenvalue weighted by atomic mass is 16.3. The minimum Gasteiger partial charge on any atom is -0.392 e. The first-order valence-corrected chi connectivity index (χ1v) is 5.74. The number of rotatable bonds is 2. The Kier molecular flexibility index (Phi) is 3.27. The summed E-state index contributed by atoms with van der Waals surface area (Å²) in [6, 6.07) is 8.22. The van der Waals surface area contributed by atoms with E-state index in [1.54, 1.807) is 0 Å².